The molecule has 0 bridgehead atoms. The fourth-order valence-corrected chi connectivity index (χ4v) is 2.12. The molecule has 0 saturated carbocycles. The van der Waals surface area contributed by atoms with Gasteiger partial charge < -0.3 is 9.73 Å². The van der Waals surface area contributed by atoms with Gasteiger partial charge in [0.1, 0.15) is 18.2 Å². The summed E-state index contributed by atoms with van der Waals surface area (Å²) in [6.07, 6.45) is 6.85. The Kier molecular flexibility index (Phi) is 5.90. The topological polar surface area (TPSA) is 103 Å². The van der Waals surface area contributed by atoms with Gasteiger partial charge in [-0.2, -0.15) is 5.10 Å². The zero-order valence-corrected chi connectivity index (χ0v) is 13.0. The van der Waals surface area contributed by atoms with E-state index in [9.17, 15) is 14.9 Å². The summed E-state index contributed by atoms with van der Waals surface area (Å²) in [4.78, 5) is 22.0. The van der Waals surface area contributed by atoms with Crippen LogP contribution in [-0.2, 0) is 6.54 Å². The van der Waals surface area contributed by atoms with E-state index in [0.717, 1.165) is 25.7 Å². The van der Waals surface area contributed by atoms with Crippen molar-refractivity contribution in [2.45, 2.75) is 39.2 Å². The molecule has 8 heteroatoms. The van der Waals surface area contributed by atoms with E-state index in [1.54, 1.807) is 12.1 Å². The van der Waals surface area contributed by atoms with Gasteiger partial charge in [0.15, 0.2) is 5.76 Å². The standard InChI is InChI=1S/C15H20N4O4/c1-2-3-4-5-8-16-15(20)14-7-6-13(23-14)11-18-10-12(9-17-18)19(21)22/h6-7,9-10H,2-5,8,11H2,1H3,(H,16,20). The minimum Gasteiger partial charge on any atom is -0.454 e. The van der Waals surface area contributed by atoms with E-state index in [0.29, 0.717) is 12.3 Å². The van der Waals surface area contributed by atoms with Crippen LogP contribution in [0.15, 0.2) is 28.9 Å². The SMILES string of the molecule is CCCCCCNC(=O)c1ccc(Cn2cc([N+](=O)[O-])cn2)o1. The predicted octanol–water partition coefficient (Wildman–Crippen LogP) is 2.74. The molecule has 2 heterocycles. The number of nitro groups is 1. The second-order valence-corrected chi connectivity index (χ2v) is 5.24. The summed E-state index contributed by atoms with van der Waals surface area (Å²) in [5, 5.41) is 17.3. The zero-order chi connectivity index (χ0) is 16.7. The Hall–Kier alpha value is -2.64. The highest BCUT2D eigenvalue weighted by atomic mass is 16.6. The first-order valence-electron chi connectivity index (χ1n) is 7.64. The first kappa shape index (κ1) is 16.7. The first-order valence-corrected chi connectivity index (χ1v) is 7.64. The molecule has 0 unspecified atom stereocenters. The second-order valence-electron chi connectivity index (χ2n) is 5.24. The van der Waals surface area contributed by atoms with Crippen molar-refractivity contribution in [2.75, 3.05) is 6.54 Å². The number of furan rings is 1. The molecule has 0 atom stereocenters. The van der Waals surface area contributed by atoms with Gasteiger partial charge in [-0.15, -0.1) is 0 Å². The van der Waals surface area contributed by atoms with Crippen molar-refractivity contribution >= 4 is 11.6 Å². The number of nitrogens with zero attached hydrogens (tertiary/aromatic N) is 3. The lowest BCUT2D eigenvalue weighted by Crippen LogP contribution is -2.23. The summed E-state index contributed by atoms with van der Waals surface area (Å²) in [6.45, 7) is 3.00. The van der Waals surface area contributed by atoms with Gasteiger partial charge in [-0.25, -0.2) is 0 Å². The highest BCUT2D eigenvalue weighted by Crippen LogP contribution is 2.12. The Labute approximate surface area is 133 Å². The number of aromatic nitrogens is 2. The van der Waals surface area contributed by atoms with Crippen LogP contribution in [-0.4, -0.2) is 27.2 Å². The van der Waals surface area contributed by atoms with Gasteiger partial charge in [-0.05, 0) is 18.6 Å². The molecular formula is C15H20N4O4. The summed E-state index contributed by atoms with van der Waals surface area (Å²) in [5.74, 6) is 0.496. The number of carbonyl (C=O) groups is 1. The number of carbonyl (C=O) groups excluding carboxylic acids is 1. The smallest absolute Gasteiger partial charge is 0.307 e. The summed E-state index contributed by atoms with van der Waals surface area (Å²) in [6, 6.07) is 3.26. The number of hydrogen-bond donors (Lipinski definition) is 1. The maximum Gasteiger partial charge on any atom is 0.307 e. The monoisotopic (exact) mass is 320 g/mol. The normalized spacial score (nSPS) is 10.7. The van der Waals surface area contributed by atoms with E-state index in [1.807, 2.05) is 0 Å². The highest BCUT2D eigenvalue weighted by molar-refractivity contribution is 5.91. The van der Waals surface area contributed by atoms with Crippen molar-refractivity contribution in [2.24, 2.45) is 0 Å². The molecule has 0 radical (unpaired) electrons. The van der Waals surface area contributed by atoms with Crippen molar-refractivity contribution < 1.29 is 14.1 Å². The molecule has 0 spiro atoms. The van der Waals surface area contributed by atoms with Gasteiger partial charge in [-0.3, -0.25) is 19.6 Å². The predicted molar refractivity (Wildman–Crippen MR) is 83.2 cm³/mol. The van der Waals surface area contributed by atoms with Crippen LogP contribution in [0.4, 0.5) is 5.69 Å². The highest BCUT2D eigenvalue weighted by Gasteiger charge is 2.13. The molecule has 0 aliphatic rings. The Morgan fingerprint density at radius 3 is 2.91 bits per heavy atom. The maximum absolute atomic E-state index is 11.9. The third kappa shape index (κ3) is 4.94. The van der Waals surface area contributed by atoms with Crippen molar-refractivity contribution in [3.8, 4) is 0 Å². The lowest BCUT2D eigenvalue weighted by molar-refractivity contribution is -0.385. The van der Waals surface area contributed by atoms with E-state index >= 15 is 0 Å². The van der Waals surface area contributed by atoms with E-state index in [2.05, 4.69) is 17.3 Å². The molecule has 1 N–H and O–H groups in total. The van der Waals surface area contributed by atoms with Crippen LogP contribution in [0.2, 0.25) is 0 Å². The van der Waals surface area contributed by atoms with Crippen LogP contribution < -0.4 is 5.32 Å². The van der Waals surface area contributed by atoms with Gasteiger partial charge in [0.05, 0.1) is 11.5 Å². The van der Waals surface area contributed by atoms with E-state index in [-0.39, 0.29) is 23.9 Å². The average Bonchev–Trinajstić information content (AvgIpc) is 3.17. The van der Waals surface area contributed by atoms with Crippen LogP contribution in [0.25, 0.3) is 0 Å². The van der Waals surface area contributed by atoms with Gasteiger partial charge in [0.2, 0.25) is 0 Å². The van der Waals surface area contributed by atoms with Crippen molar-refractivity contribution in [3.05, 3.63) is 46.2 Å². The third-order valence-corrected chi connectivity index (χ3v) is 3.35. The van der Waals surface area contributed by atoms with Crippen LogP contribution in [0.3, 0.4) is 0 Å². The number of nitrogens with one attached hydrogen (secondary N) is 1. The van der Waals surface area contributed by atoms with Crippen LogP contribution in [0.1, 0.15) is 48.9 Å². The quantitative estimate of drug-likeness (QED) is 0.434. The molecule has 8 nitrogen and oxygen atoms in total. The maximum atomic E-state index is 11.9. The molecule has 2 rings (SSSR count). The Balaban J connectivity index is 1.84. The Morgan fingerprint density at radius 2 is 2.22 bits per heavy atom. The molecule has 0 saturated heterocycles. The van der Waals surface area contributed by atoms with E-state index in [4.69, 9.17) is 4.42 Å². The van der Waals surface area contributed by atoms with Gasteiger partial charge in [0.25, 0.3) is 5.91 Å². The summed E-state index contributed by atoms with van der Waals surface area (Å²) < 4.78 is 6.85. The molecule has 1 amide bonds. The molecular weight excluding hydrogens is 300 g/mol. The van der Waals surface area contributed by atoms with Gasteiger partial charge in [0, 0.05) is 6.54 Å². The number of amides is 1. The minimum atomic E-state index is -0.511. The molecule has 0 aromatic carbocycles. The molecule has 0 aliphatic heterocycles. The summed E-state index contributed by atoms with van der Waals surface area (Å²) >= 11 is 0. The molecule has 0 aliphatic carbocycles. The minimum absolute atomic E-state index is 0.0819. The molecule has 23 heavy (non-hydrogen) atoms. The number of rotatable bonds is 9. The van der Waals surface area contributed by atoms with Crippen molar-refractivity contribution in [1.82, 2.24) is 15.1 Å². The van der Waals surface area contributed by atoms with E-state index in [1.165, 1.54) is 17.1 Å². The largest absolute Gasteiger partial charge is 0.454 e. The Bertz CT molecular complexity index is 662. The average molecular weight is 320 g/mol. The number of unbranched alkanes of at least 4 members (excludes halogenated alkanes) is 3. The van der Waals surface area contributed by atoms with Crippen LogP contribution in [0, 0.1) is 10.1 Å². The first-order chi connectivity index (χ1) is 11.1. The van der Waals surface area contributed by atoms with Crippen molar-refractivity contribution in [3.63, 3.8) is 0 Å². The van der Waals surface area contributed by atoms with Crippen molar-refractivity contribution in [1.29, 1.82) is 0 Å². The Morgan fingerprint density at radius 1 is 1.39 bits per heavy atom. The lowest BCUT2D eigenvalue weighted by atomic mass is 10.2. The van der Waals surface area contributed by atoms with E-state index < -0.39 is 4.92 Å². The molecule has 2 aromatic heterocycles. The second kappa shape index (κ2) is 8.11. The molecule has 124 valence electrons. The van der Waals surface area contributed by atoms with Gasteiger partial charge >= 0.3 is 5.69 Å². The lowest BCUT2D eigenvalue weighted by Gasteiger charge is -2.02. The van der Waals surface area contributed by atoms with Crippen LogP contribution in [0.5, 0.6) is 0 Å². The molecule has 2 aromatic rings. The third-order valence-electron chi connectivity index (χ3n) is 3.35. The fourth-order valence-electron chi connectivity index (χ4n) is 2.12. The summed E-state index contributed by atoms with van der Waals surface area (Å²) in [7, 11) is 0. The van der Waals surface area contributed by atoms with Gasteiger partial charge in [-0.1, -0.05) is 26.2 Å². The zero-order valence-electron chi connectivity index (χ0n) is 13.0. The summed E-state index contributed by atoms with van der Waals surface area (Å²) in [5.41, 5.74) is -0.0819. The fraction of sp³-hybridized carbons (Fsp3) is 0.467. The number of hydrogen-bond acceptors (Lipinski definition) is 5. The molecule has 0 fully saturated rings. The van der Waals surface area contributed by atoms with Crippen LogP contribution >= 0.6 is 0 Å².